The van der Waals surface area contributed by atoms with Crippen LogP contribution in [-0.4, -0.2) is 30.3 Å². The first-order chi connectivity index (χ1) is 5.54. The molecule has 0 amide bonds. The number of alkyl halides is 2. The minimum atomic E-state index is -2.56. The topological polar surface area (TPSA) is 29.5 Å². The summed E-state index contributed by atoms with van der Waals surface area (Å²) in [6.45, 7) is -0.167. The average Bonchev–Trinajstić information content (AvgIpc) is 2.06. The summed E-state index contributed by atoms with van der Waals surface area (Å²) in [5.41, 5.74) is -0.707. The van der Waals surface area contributed by atoms with Crippen molar-refractivity contribution in [1.82, 2.24) is 0 Å². The number of aliphatic hydroxyl groups is 1. The van der Waals surface area contributed by atoms with Crippen molar-refractivity contribution < 1.29 is 18.6 Å². The van der Waals surface area contributed by atoms with Gasteiger partial charge in [-0.25, -0.2) is 8.78 Å². The fraction of sp³-hybridized carbons (Fsp3) is 1.00. The van der Waals surface area contributed by atoms with Crippen LogP contribution >= 0.6 is 0 Å². The first-order valence-electron chi connectivity index (χ1n) is 4.07. The van der Waals surface area contributed by atoms with Crippen molar-refractivity contribution >= 4 is 0 Å². The molecule has 12 heavy (non-hydrogen) atoms. The van der Waals surface area contributed by atoms with Gasteiger partial charge in [-0.3, -0.25) is 0 Å². The van der Waals surface area contributed by atoms with Crippen LogP contribution in [0.25, 0.3) is 0 Å². The van der Waals surface area contributed by atoms with E-state index in [2.05, 4.69) is 0 Å². The monoisotopic (exact) mass is 180 g/mol. The highest BCUT2D eigenvalue weighted by atomic mass is 19.3. The van der Waals surface area contributed by atoms with E-state index in [0.29, 0.717) is 0 Å². The van der Waals surface area contributed by atoms with E-state index in [9.17, 15) is 8.78 Å². The van der Waals surface area contributed by atoms with Crippen LogP contribution in [0.3, 0.4) is 0 Å². The standard InChI is InChI=1S/C8H14F2O2/c1-12-7(6-11)2-4-8(9,10)5-3-7/h11H,2-6H2,1H3. The average molecular weight is 180 g/mol. The maximum absolute atomic E-state index is 12.7. The van der Waals surface area contributed by atoms with Crippen molar-refractivity contribution in [2.75, 3.05) is 13.7 Å². The molecule has 0 bridgehead atoms. The Morgan fingerprint density at radius 2 is 1.75 bits per heavy atom. The van der Waals surface area contributed by atoms with Crippen molar-refractivity contribution in [2.45, 2.75) is 37.2 Å². The largest absolute Gasteiger partial charge is 0.393 e. The lowest BCUT2D eigenvalue weighted by molar-refractivity contribution is -0.135. The van der Waals surface area contributed by atoms with Gasteiger partial charge in [-0.05, 0) is 12.8 Å². The van der Waals surface area contributed by atoms with Crippen molar-refractivity contribution in [1.29, 1.82) is 0 Å². The molecular formula is C8H14F2O2. The zero-order valence-corrected chi connectivity index (χ0v) is 7.15. The van der Waals surface area contributed by atoms with Crippen LogP contribution < -0.4 is 0 Å². The second kappa shape index (κ2) is 3.26. The van der Waals surface area contributed by atoms with Gasteiger partial charge in [0.2, 0.25) is 5.92 Å². The molecular weight excluding hydrogens is 166 g/mol. The predicted molar refractivity (Wildman–Crippen MR) is 40.2 cm³/mol. The fourth-order valence-electron chi connectivity index (χ4n) is 1.50. The van der Waals surface area contributed by atoms with Gasteiger partial charge in [0, 0.05) is 20.0 Å². The minimum Gasteiger partial charge on any atom is -0.393 e. The maximum Gasteiger partial charge on any atom is 0.248 e. The van der Waals surface area contributed by atoms with E-state index >= 15 is 0 Å². The predicted octanol–water partition coefficient (Wildman–Crippen LogP) is 1.57. The quantitative estimate of drug-likeness (QED) is 0.699. The molecule has 0 aromatic heterocycles. The Balaban J connectivity index is 2.53. The Labute approximate surface area is 70.5 Å². The van der Waals surface area contributed by atoms with E-state index in [0.717, 1.165) is 0 Å². The lowest BCUT2D eigenvalue weighted by atomic mass is 9.83. The molecule has 0 atom stereocenters. The van der Waals surface area contributed by atoms with Gasteiger partial charge < -0.3 is 9.84 Å². The molecule has 1 aliphatic carbocycles. The summed E-state index contributed by atoms with van der Waals surface area (Å²) >= 11 is 0. The summed E-state index contributed by atoms with van der Waals surface area (Å²) < 4.78 is 30.4. The third-order valence-corrected chi connectivity index (χ3v) is 2.61. The third-order valence-electron chi connectivity index (χ3n) is 2.61. The summed E-state index contributed by atoms with van der Waals surface area (Å²) in [6, 6.07) is 0. The number of methoxy groups -OCH3 is 1. The molecule has 72 valence electrons. The van der Waals surface area contributed by atoms with Crippen molar-refractivity contribution in [3.8, 4) is 0 Å². The van der Waals surface area contributed by atoms with E-state index in [-0.39, 0.29) is 32.3 Å². The molecule has 0 aromatic rings. The maximum atomic E-state index is 12.7. The summed E-state index contributed by atoms with van der Waals surface area (Å²) in [7, 11) is 1.46. The smallest absolute Gasteiger partial charge is 0.248 e. The molecule has 0 aromatic carbocycles. The molecule has 0 spiro atoms. The van der Waals surface area contributed by atoms with Crippen molar-refractivity contribution in [3.05, 3.63) is 0 Å². The van der Waals surface area contributed by atoms with Gasteiger partial charge in [-0.15, -0.1) is 0 Å². The zero-order valence-electron chi connectivity index (χ0n) is 7.15. The molecule has 4 heteroatoms. The second-order valence-corrected chi connectivity index (χ2v) is 3.40. The van der Waals surface area contributed by atoms with Crippen LogP contribution in [0.1, 0.15) is 25.7 Å². The van der Waals surface area contributed by atoms with Crippen LogP contribution in [0.5, 0.6) is 0 Å². The zero-order chi connectivity index (χ0) is 9.24. The Morgan fingerprint density at radius 1 is 1.25 bits per heavy atom. The van der Waals surface area contributed by atoms with Gasteiger partial charge >= 0.3 is 0 Å². The molecule has 1 rings (SSSR count). The number of hydrogen-bond donors (Lipinski definition) is 1. The van der Waals surface area contributed by atoms with Crippen LogP contribution in [-0.2, 0) is 4.74 Å². The molecule has 0 radical (unpaired) electrons. The van der Waals surface area contributed by atoms with Gasteiger partial charge in [-0.1, -0.05) is 0 Å². The van der Waals surface area contributed by atoms with E-state index in [1.807, 2.05) is 0 Å². The first kappa shape index (κ1) is 9.86. The Hall–Kier alpha value is -0.220. The number of ether oxygens (including phenoxy) is 1. The summed E-state index contributed by atoms with van der Waals surface area (Å²) in [5, 5.41) is 8.94. The normalized spacial score (nSPS) is 27.0. The molecule has 0 aliphatic heterocycles. The SMILES string of the molecule is COC1(CO)CCC(F)(F)CC1. The summed E-state index contributed by atoms with van der Waals surface area (Å²) in [5.74, 6) is -2.56. The molecule has 1 N–H and O–H groups in total. The van der Waals surface area contributed by atoms with Gasteiger partial charge in [0.25, 0.3) is 0 Å². The van der Waals surface area contributed by atoms with E-state index in [1.54, 1.807) is 0 Å². The Morgan fingerprint density at radius 3 is 2.08 bits per heavy atom. The highest BCUT2D eigenvalue weighted by Gasteiger charge is 2.43. The van der Waals surface area contributed by atoms with E-state index in [4.69, 9.17) is 9.84 Å². The van der Waals surface area contributed by atoms with E-state index < -0.39 is 11.5 Å². The molecule has 1 aliphatic rings. The molecule has 1 fully saturated rings. The first-order valence-corrected chi connectivity index (χ1v) is 4.07. The molecule has 1 saturated carbocycles. The van der Waals surface area contributed by atoms with Crippen LogP contribution in [0.15, 0.2) is 0 Å². The highest BCUT2D eigenvalue weighted by molar-refractivity contribution is 4.89. The fourth-order valence-corrected chi connectivity index (χ4v) is 1.50. The molecule has 0 unspecified atom stereocenters. The van der Waals surface area contributed by atoms with Gasteiger partial charge in [0.15, 0.2) is 0 Å². The Bertz CT molecular complexity index is 143. The van der Waals surface area contributed by atoms with Gasteiger partial charge in [0.05, 0.1) is 12.2 Å². The number of aliphatic hydroxyl groups excluding tert-OH is 1. The lowest BCUT2D eigenvalue weighted by Crippen LogP contribution is -2.43. The summed E-state index contributed by atoms with van der Waals surface area (Å²) in [4.78, 5) is 0. The lowest BCUT2D eigenvalue weighted by Gasteiger charge is -2.37. The summed E-state index contributed by atoms with van der Waals surface area (Å²) in [6.07, 6.45) is 0.128. The number of hydrogen-bond acceptors (Lipinski definition) is 2. The second-order valence-electron chi connectivity index (χ2n) is 3.40. The third kappa shape index (κ3) is 1.93. The van der Waals surface area contributed by atoms with Crippen molar-refractivity contribution in [3.63, 3.8) is 0 Å². The highest BCUT2D eigenvalue weighted by Crippen LogP contribution is 2.39. The Kier molecular flexibility index (Phi) is 2.68. The van der Waals surface area contributed by atoms with Crippen LogP contribution in [0, 0.1) is 0 Å². The van der Waals surface area contributed by atoms with Crippen LogP contribution in [0.2, 0.25) is 0 Å². The minimum absolute atomic E-state index is 0.167. The number of rotatable bonds is 2. The van der Waals surface area contributed by atoms with Crippen molar-refractivity contribution in [2.24, 2.45) is 0 Å². The molecule has 0 saturated heterocycles. The van der Waals surface area contributed by atoms with E-state index in [1.165, 1.54) is 7.11 Å². The number of halogens is 2. The molecule has 0 heterocycles. The van der Waals surface area contributed by atoms with Crippen LogP contribution in [0.4, 0.5) is 8.78 Å². The van der Waals surface area contributed by atoms with Gasteiger partial charge in [0.1, 0.15) is 0 Å². The molecule has 2 nitrogen and oxygen atoms in total. The van der Waals surface area contributed by atoms with Gasteiger partial charge in [-0.2, -0.15) is 0 Å².